The van der Waals surface area contributed by atoms with Crippen LogP contribution in [0.3, 0.4) is 0 Å². The van der Waals surface area contributed by atoms with E-state index in [2.05, 4.69) is 9.84 Å². The maximum absolute atomic E-state index is 12.3. The zero-order valence-corrected chi connectivity index (χ0v) is 11.3. The van der Waals surface area contributed by atoms with Crippen molar-refractivity contribution >= 4 is 12.4 Å². The Balaban J connectivity index is 0.00000200. The summed E-state index contributed by atoms with van der Waals surface area (Å²) in [4.78, 5) is 0. The lowest BCUT2D eigenvalue weighted by Gasteiger charge is -2.12. The summed E-state index contributed by atoms with van der Waals surface area (Å²) in [6.07, 6.45) is -3.16. The summed E-state index contributed by atoms with van der Waals surface area (Å²) in [6, 6.07) is 5.99. The summed E-state index contributed by atoms with van der Waals surface area (Å²) in [5, 5.41) is 3.98. The minimum atomic E-state index is -4.73. The van der Waals surface area contributed by atoms with E-state index in [0.29, 0.717) is 16.8 Å². The van der Waals surface area contributed by atoms with Crippen LogP contribution in [0.2, 0.25) is 0 Å². The van der Waals surface area contributed by atoms with Gasteiger partial charge in [0.05, 0.1) is 5.69 Å². The van der Waals surface area contributed by atoms with Crippen molar-refractivity contribution in [1.82, 2.24) is 9.78 Å². The van der Waals surface area contributed by atoms with Gasteiger partial charge in [-0.2, -0.15) is 5.10 Å². The molecule has 2 N–H and O–H groups in total. The number of halogens is 4. The number of nitrogens with two attached hydrogens (primary N) is 1. The second-order valence-corrected chi connectivity index (χ2v) is 3.96. The third-order valence-electron chi connectivity index (χ3n) is 2.55. The zero-order chi connectivity index (χ0) is 14.0. The SMILES string of the molecule is Cl.Cn1nccc1-c1cc(CN)cc(OC(F)(F)F)c1. The van der Waals surface area contributed by atoms with E-state index >= 15 is 0 Å². The number of benzene rings is 1. The lowest BCUT2D eigenvalue weighted by atomic mass is 10.1. The van der Waals surface area contributed by atoms with Gasteiger partial charge in [-0.25, -0.2) is 0 Å². The van der Waals surface area contributed by atoms with E-state index in [9.17, 15) is 13.2 Å². The maximum atomic E-state index is 12.3. The Labute approximate surface area is 119 Å². The summed E-state index contributed by atoms with van der Waals surface area (Å²) in [6.45, 7) is 0.125. The zero-order valence-electron chi connectivity index (χ0n) is 10.5. The molecule has 0 atom stereocenters. The molecule has 1 heterocycles. The topological polar surface area (TPSA) is 53.1 Å². The predicted molar refractivity (Wildman–Crippen MR) is 70.5 cm³/mol. The van der Waals surface area contributed by atoms with E-state index in [-0.39, 0.29) is 24.7 Å². The fraction of sp³-hybridized carbons (Fsp3) is 0.250. The number of ether oxygens (including phenoxy) is 1. The third kappa shape index (κ3) is 3.88. The summed E-state index contributed by atoms with van der Waals surface area (Å²) < 4.78 is 42.3. The van der Waals surface area contributed by atoms with Crippen molar-refractivity contribution in [3.8, 4) is 17.0 Å². The van der Waals surface area contributed by atoms with Crippen molar-refractivity contribution in [1.29, 1.82) is 0 Å². The smallest absolute Gasteiger partial charge is 0.406 e. The van der Waals surface area contributed by atoms with Gasteiger partial charge in [-0.3, -0.25) is 4.68 Å². The highest BCUT2D eigenvalue weighted by atomic mass is 35.5. The van der Waals surface area contributed by atoms with Gasteiger partial charge in [0.15, 0.2) is 0 Å². The lowest BCUT2D eigenvalue weighted by molar-refractivity contribution is -0.274. The molecule has 0 radical (unpaired) electrons. The number of aryl methyl sites for hydroxylation is 1. The Kier molecular flexibility index (Phi) is 5.02. The van der Waals surface area contributed by atoms with Crippen molar-refractivity contribution in [2.45, 2.75) is 12.9 Å². The lowest BCUT2D eigenvalue weighted by Crippen LogP contribution is -2.17. The van der Waals surface area contributed by atoms with Crippen LogP contribution in [-0.2, 0) is 13.6 Å². The van der Waals surface area contributed by atoms with E-state index in [4.69, 9.17) is 5.73 Å². The molecule has 0 aliphatic carbocycles. The molecule has 1 aromatic carbocycles. The molecule has 0 unspecified atom stereocenters. The second-order valence-electron chi connectivity index (χ2n) is 3.96. The molecule has 0 fully saturated rings. The highest BCUT2D eigenvalue weighted by molar-refractivity contribution is 5.85. The van der Waals surface area contributed by atoms with Crippen LogP contribution in [0.5, 0.6) is 5.75 Å². The van der Waals surface area contributed by atoms with Gasteiger partial charge in [0, 0.05) is 25.4 Å². The largest absolute Gasteiger partial charge is 0.573 e. The number of alkyl halides is 3. The molecule has 0 aliphatic heterocycles. The van der Waals surface area contributed by atoms with Crippen LogP contribution in [0.1, 0.15) is 5.56 Å². The maximum Gasteiger partial charge on any atom is 0.573 e. The highest BCUT2D eigenvalue weighted by Crippen LogP contribution is 2.29. The number of rotatable bonds is 3. The molecule has 4 nitrogen and oxygen atoms in total. The van der Waals surface area contributed by atoms with Gasteiger partial charge in [0.1, 0.15) is 5.75 Å². The van der Waals surface area contributed by atoms with Gasteiger partial charge in [-0.1, -0.05) is 0 Å². The van der Waals surface area contributed by atoms with Crippen LogP contribution < -0.4 is 10.5 Å². The number of hydrogen-bond acceptors (Lipinski definition) is 3. The molecule has 2 rings (SSSR count). The first-order chi connectivity index (χ1) is 8.89. The Hall–Kier alpha value is -1.73. The fourth-order valence-electron chi connectivity index (χ4n) is 1.78. The minimum absolute atomic E-state index is 0. The van der Waals surface area contributed by atoms with E-state index < -0.39 is 6.36 Å². The fourth-order valence-corrected chi connectivity index (χ4v) is 1.78. The molecule has 0 saturated heterocycles. The van der Waals surface area contributed by atoms with E-state index in [1.54, 1.807) is 30.1 Å². The predicted octanol–water partition coefficient (Wildman–Crippen LogP) is 2.87. The molecule has 0 spiro atoms. The number of aromatic nitrogens is 2. The molecule has 8 heteroatoms. The van der Waals surface area contributed by atoms with Crippen LogP contribution >= 0.6 is 12.4 Å². The van der Waals surface area contributed by atoms with Crippen molar-refractivity contribution in [2.24, 2.45) is 12.8 Å². The molecule has 0 amide bonds. The normalized spacial score (nSPS) is 11.1. The standard InChI is InChI=1S/C12H12F3N3O.ClH/c1-18-11(2-3-17-18)9-4-8(7-16)5-10(6-9)19-12(13,14)15;/h2-6H,7,16H2,1H3;1H. The summed E-state index contributed by atoms with van der Waals surface area (Å²) in [7, 11) is 1.70. The molecule has 0 aliphatic rings. The molecule has 2 aromatic rings. The Morgan fingerprint density at radius 3 is 2.50 bits per heavy atom. The summed E-state index contributed by atoms with van der Waals surface area (Å²) in [5.41, 5.74) is 7.29. The Morgan fingerprint density at radius 1 is 1.30 bits per heavy atom. The van der Waals surface area contributed by atoms with Crippen molar-refractivity contribution in [3.05, 3.63) is 36.0 Å². The van der Waals surface area contributed by atoms with Gasteiger partial charge >= 0.3 is 6.36 Å². The molecule has 0 saturated carbocycles. The Bertz CT molecular complexity index is 584. The first-order valence-corrected chi connectivity index (χ1v) is 5.47. The van der Waals surface area contributed by atoms with Crippen LogP contribution in [0, 0.1) is 0 Å². The van der Waals surface area contributed by atoms with Crippen molar-refractivity contribution < 1.29 is 17.9 Å². The van der Waals surface area contributed by atoms with Crippen LogP contribution in [0.4, 0.5) is 13.2 Å². The Morgan fingerprint density at radius 2 is 2.00 bits per heavy atom. The average molecular weight is 308 g/mol. The molecule has 1 aromatic heterocycles. The minimum Gasteiger partial charge on any atom is -0.406 e. The average Bonchev–Trinajstić information content (AvgIpc) is 2.72. The first-order valence-electron chi connectivity index (χ1n) is 5.47. The van der Waals surface area contributed by atoms with Crippen molar-refractivity contribution in [3.63, 3.8) is 0 Å². The summed E-state index contributed by atoms with van der Waals surface area (Å²) >= 11 is 0. The van der Waals surface area contributed by atoms with Crippen LogP contribution in [-0.4, -0.2) is 16.1 Å². The van der Waals surface area contributed by atoms with Crippen molar-refractivity contribution in [2.75, 3.05) is 0 Å². The van der Waals surface area contributed by atoms with Crippen LogP contribution in [0.25, 0.3) is 11.3 Å². The second kappa shape index (κ2) is 6.15. The molecular formula is C12H13ClF3N3O. The van der Waals surface area contributed by atoms with Gasteiger partial charge in [-0.05, 0) is 29.8 Å². The highest BCUT2D eigenvalue weighted by Gasteiger charge is 2.31. The first kappa shape index (κ1) is 16.3. The van der Waals surface area contributed by atoms with Gasteiger partial charge < -0.3 is 10.5 Å². The van der Waals surface area contributed by atoms with E-state index in [1.165, 1.54) is 12.1 Å². The number of hydrogen-bond donors (Lipinski definition) is 1. The van der Waals surface area contributed by atoms with Gasteiger partial charge in [0.2, 0.25) is 0 Å². The van der Waals surface area contributed by atoms with E-state index in [0.717, 1.165) is 0 Å². The van der Waals surface area contributed by atoms with E-state index in [1.807, 2.05) is 0 Å². The summed E-state index contributed by atoms with van der Waals surface area (Å²) in [5.74, 6) is -0.286. The third-order valence-corrected chi connectivity index (χ3v) is 2.55. The molecule has 0 bridgehead atoms. The number of nitrogens with zero attached hydrogens (tertiary/aromatic N) is 2. The van der Waals surface area contributed by atoms with Gasteiger partial charge in [0.25, 0.3) is 0 Å². The molecule has 20 heavy (non-hydrogen) atoms. The van der Waals surface area contributed by atoms with Gasteiger partial charge in [-0.15, -0.1) is 25.6 Å². The monoisotopic (exact) mass is 307 g/mol. The molecule has 110 valence electrons. The van der Waals surface area contributed by atoms with Crippen LogP contribution in [0.15, 0.2) is 30.5 Å². The quantitative estimate of drug-likeness (QED) is 0.948. The molecular weight excluding hydrogens is 295 g/mol.